The minimum atomic E-state index is -0.981. The number of pyridine rings is 1. The maximum atomic E-state index is 14.8. The summed E-state index contributed by atoms with van der Waals surface area (Å²) in [6.07, 6.45) is 1.61. The van der Waals surface area contributed by atoms with E-state index in [0.717, 1.165) is 21.9 Å². The molecule has 1 unspecified atom stereocenters. The highest BCUT2D eigenvalue weighted by Gasteiger charge is 2.24. The number of carbonyl (C=O) groups excluding carboxylic acids is 2. The van der Waals surface area contributed by atoms with Gasteiger partial charge in [-0.3, -0.25) is 9.59 Å². The van der Waals surface area contributed by atoms with Crippen molar-refractivity contribution in [2.75, 3.05) is 16.4 Å². The number of hydrogen-bond acceptors (Lipinski definition) is 5. The average Bonchev–Trinajstić information content (AvgIpc) is 2.82. The maximum absolute atomic E-state index is 14.8. The van der Waals surface area contributed by atoms with E-state index in [4.69, 9.17) is 5.73 Å². The van der Waals surface area contributed by atoms with Crippen molar-refractivity contribution in [3.63, 3.8) is 0 Å². The third kappa shape index (κ3) is 5.73. The quantitative estimate of drug-likeness (QED) is 0.313. The standard InChI is InChI=1S/C27H26FN5O2/c1-16-6-9-24(28)23(12-16)25(33-21-7-8-22-19(14-21)10-11-30-26(22)29)27(35)31-15-18-4-3-5-20(13-18)32-17(2)34/h3-14,25,33H,15H2,1-2H3,(H2,29,30)(H,31,35)(H,32,34). The van der Waals surface area contributed by atoms with Crippen molar-refractivity contribution in [2.24, 2.45) is 0 Å². The summed E-state index contributed by atoms with van der Waals surface area (Å²) in [6.45, 7) is 3.48. The van der Waals surface area contributed by atoms with Gasteiger partial charge in [-0.1, -0.05) is 29.8 Å². The number of benzene rings is 3. The van der Waals surface area contributed by atoms with Gasteiger partial charge in [0.25, 0.3) is 0 Å². The Bertz CT molecular complexity index is 1410. The molecule has 4 aromatic rings. The van der Waals surface area contributed by atoms with E-state index in [2.05, 4.69) is 20.9 Å². The van der Waals surface area contributed by atoms with Gasteiger partial charge in [-0.2, -0.15) is 0 Å². The maximum Gasteiger partial charge on any atom is 0.247 e. The molecule has 1 aromatic heterocycles. The van der Waals surface area contributed by atoms with Crippen molar-refractivity contribution in [1.82, 2.24) is 10.3 Å². The van der Waals surface area contributed by atoms with Crippen molar-refractivity contribution in [3.05, 3.63) is 95.4 Å². The molecule has 4 rings (SSSR count). The Morgan fingerprint density at radius 1 is 1.03 bits per heavy atom. The molecule has 0 aliphatic carbocycles. The van der Waals surface area contributed by atoms with Gasteiger partial charge in [-0.05, 0) is 60.3 Å². The zero-order chi connectivity index (χ0) is 24.9. The molecule has 0 bridgehead atoms. The highest BCUT2D eigenvalue weighted by molar-refractivity contribution is 5.94. The Kier molecular flexibility index (Phi) is 6.91. The van der Waals surface area contributed by atoms with E-state index in [1.165, 1.54) is 13.0 Å². The number of fused-ring (bicyclic) bond motifs is 1. The molecule has 8 heteroatoms. The van der Waals surface area contributed by atoms with Crippen LogP contribution >= 0.6 is 0 Å². The lowest BCUT2D eigenvalue weighted by Gasteiger charge is -2.21. The molecule has 5 N–H and O–H groups in total. The zero-order valence-electron chi connectivity index (χ0n) is 19.4. The lowest BCUT2D eigenvalue weighted by Crippen LogP contribution is -2.33. The summed E-state index contributed by atoms with van der Waals surface area (Å²) in [4.78, 5) is 28.8. The van der Waals surface area contributed by atoms with Gasteiger partial charge in [-0.25, -0.2) is 9.37 Å². The van der Waals surface area contributed by atoms with E-state index in [0.29, 0.717) is 17.2 Å². The van der Waals surface area contributed by atoms with Gasteiger partial charge >= 0.3 is 0 Å². The Morgan fingerprint density at radius 3 is 2.66 bits per heavy atom. The number of aromatic nitrogens is 1. The smallest absolute Gasteiger partial charge is 0.247 e. The number of halogens is 1. The number of anilines is 3. The molecule has 0 saturated heterocycles. The summed E-state index contributed by atoms with van der Waals surface area (Å²) in [6, 6.07) is 18.1. The first-order valence-corrected chi connectivity index (χ1v) is 11.1. The van der Waals surface area contributed by atoms with E-state index >= 15 is 0 Å². The first-order chi connectivity index (χ1) is 16.8. The number of nitrogen functional groups attached to an aromatic ring is 1. The van der Waals surface area contributed by atoms with E-state index in [-0.39, 0.29) is 18.0 Å². The number of nitrogens with one attached hydrogen (secondary N) is 3. The number of rotatable bonds is 7. The molecule has 0 fully saturated rings. The summed E-state index contributed by atoms with van der Waals surface area (Å²) < 4.78 is 14.8. The topological polar surface area (TPSA) is 109 Å². The molecule has 35 heavy (non-hydrogen) atoms. The first-order valence-electron chi connectivity index (χ1n) is 11.1. The van der Waals surface area contributed by atoms with Gasteiger partial charge in [0.15, 0.2) is 0 Å². The molecule has 178 valence electrons. The van der Waals surface area contributed by atoms with Crippen molar-refractivity contribution in [2.45, 2.75) is 26.4 Å². The van der Waals surface area contributed by atoms with Crippen LogP contribution in [0.1, 0.15) is 29.7 Å². The Balaban J connectivity index is 1.60. The predicted octanol–water partition coefficient (Wildman–Crippen LogP) is 4.69. The van der Waals surface area contributed by atoms with Gasteiger partial charge in [0.1, 0.15) is 17.7 Å². The molecule has 0 aliphatic heterocycles. The van der Waals surface area contributed by atoms with Gasteiger partial charge in [0, 0.05) is 42.0 Å². The molecular formula is C27H26FN5O2. The second kappa shape index (κ2) is 10.2. The van der Waals surface area contributed by atoms with Crippen molar-refractivity contribution in [3.8, 4) is 0 Å². The minimum absolute atomic E-state index is 0.182. The highest BCUT2D eigenvalue weighted by atomic mass is 19.1. The molecule has 2 amide bonds. The lowest BCUT2D eigenvalue weighted by atomic mass is 10.0. The van der Waals surface area contributed by atoms with Crippen molar-refractivity contribution < 1.29 is 14.0 Å². The number of amides is 2. The summed E-state index contributed by atoms with van der Waals surface area (Å²) in [5.74, 6) is -0.647. The molecule has 0 radical (unpaired) electrons. The van der Waals surface area contributed by atoms with E-state index in [1.54, 1.807) is 42.6 Å². The fourth-order valence-corrected chi connectivity index (χ4v) is 3.88. The van der Waals surface area contributed by atoms with Crippen LogP contribution in [0.5, 0.6) is 0 Å². The minimum Gasteiger partial charge on any atom is -0.383 e. The Hall–Kier alpha value is -4.46. The first kappa shape index (κ1) is 23.7. The zero-order valence-corrected chi connectivity index (χ0v) is 19.4. The number of aryl methyl sites for hydroxylation is 1. The monoisotopic (exact) mass is 471 g/mol. The Labute approximate surface area is 202 Å². The SMILES string of the molecule is CC(=O)Nc1cccc(CNC(=O)C(Nc2ccc3c(N)nccc3c2)c2cc(C)ccc2F)c1. The predicted molar refractivity (Wildman–Crippen MR) is 136 cm³/mol. The van der Waals surface area contributed by atoms with Crippen LogP contribution in [0, 0.1) is 12.7 Å². The molecular weight excluding hydrogens is 445 g/mol. The second-order valence-corrected chi connectivity index (χ2v) is 8.33. The lowest BCUT2D eigenvalue weighted by molar-refractivity contribution is -0.122. The number of nitrogens with two attached hydrogens (primary N) is 1. The van der Waals surface area contributed by atoms with Crippen LogP contribution in [-0.2, 0) is 16.1 Å². The molecule has 0 aliphatic rings. The summed E-state index contributed by atoms with van der Waals surface area (Å²) in [5, 5.41) is 10.4. The van der Waals surface area contributed by atoms with Gasteiger partial charge in [0.2, 0.25) is 11.8 Å². The molecule has 1 atom stereocenters. The molecule has 7 nitrogen and oxygen atoms in total. The normalized spacial score (nSPS) is 11.6. The van der Waals surface area contributed by atoms with Crippen LogP contribution in [0.25, 0.3) is 10.8 Å². The summed E-state index contributed by atoms with van der Waals surface area (Å²) in [7, 11) is 0. The molecule has 3 aromatic carbocycles. The van der Waals surface area contributed by atoms with Crippen LogP contribution in [0.4, 0.5) is 21.6 Å². The molecule has 0 saturated carbocycles. The summed E-state index contributed by atoms with van der Waals surface area (Å²) in [5.41, 5.74) is 9.08. The fraction of sp³-hybridized carbons (Fsp3) is 0.148. The van der Waals surface area contributed by atoms with Crippen molar-refractivity contribution >= 4 is 39.8 Å². The van der Waals surface area contributed by atoms with Gasteiger partial charge < -0.3 is 21.7 Å². The average molecular weight is 472 g/mol. The van der Waals surface area contributed by atoms with Crippen LogP contribution in [0.2, 0.25) is 0 Å². The van der Waals surface area contributed by atoms with Crippen LogP contribution in [-0.4, -0.2) is 16.8 Å². The van der Waals surface area contributed by atoms with E-state index in [9.17, 15) is 14.0 Å². The van der Waals surface area contributed by atoms with Crippen LogP contribution in [0.3, 0.4) is 0 Å². The largest absolute Gasteiger partial charge is 0.383 e. The van der Waals surface area contributed by atoms with Gasteiger partial charge in [-0.15, -0.1) is 0 Å². The van der Waals surface area contributed by atoms with E-state index in [1.807, 2.05) is 31.2 Å². The molecule has 1 heterocycles. The highest BCUT2D eigenvalue weighted by Crippen LogP contribution is 2.27. The van der Waals surface area contributed by atoms with E-state index < -0.39 is 17.8 Å². The second-order valence-electron chi connectivity index (χ2n) is 8.33. The van der Waals surface area contributed by atoms with Crippen LogP contribution in [0.15, 0.2) is 72.9 Å². The third-order valence-corrected chi connectivity index (χ3v) is 5.55. The number of hydrogen-bond donors (Lipinski definition) is 4. The Morgan fingerprint density at radius 2 is 1.86 bits per heavy atom. The summed E-state index contributed by atoms with van der Waals surface area (Å²) >= 11 is 0. The number of nitrogens with zero attached hydrogens (tertiary/aromatic N) is 1. The fourth-order valence-electron chi connectivity index (χ4n) is 3.88. The molecule has 0 spiro atoms. The van der Waals surface area contributed by atoms with Gasteiger partial charge in [0.05, 0.1) is 0 Å². The van der Waals surface area contributed by atoms with Crippen molar-refractivity contribution in [1.29, 1.82) is 0 Å². The van der Waals surface area contributed by atoms with Crippen LogP contribution < -0.4 is 21.7 Å². The number of carbonyl (C=O) groups is 2. The third-order valence-electron chi connectivity index (χ3n) is 5.55.